The van der Waals surface area contributed by atoms with Gasteiger partial charge in [-0.05, 0) is 26.3 Å². The highest BCUT2D eigenvalue weighted by molar-refractivity contribution is 5.98. The van der Waals surface area contributed by atoms with Crippen LogP contribution in [0.15, 0.2) is 11.1 Å². The number of hydrogen-bond donors (Lipinski definition) is 1. The molecule has 0 aromatic carbocycles. The maximum absolute atomic E-state index is 11.5. The molecule has 0 fully saturated rings. The third-order valence-corrected chi connectivity index (χ3v) is 2.60. The summed E-state index contributed by atoms with van der Waals surface area (Å²) in [4.78, 5) is 13.1. The van der Waals surface area contributed by atoms with E-state index in [4.69, 9.17) is 0 Å². The Kier molecular flexibility index (Phi) is 2.24. The molecule has 0 saturated heterocycles. The molecule has 1 aliphatic heterocycles. The van der Waals surface area contributed by atoms with Gasteiger partial charge in [-0.15, -0.1) is 0 Å². The van der Waals surface area contributed by atoms with Crippen molar-refractivity contribution in [3.63, 3.8) is 0 Å². The second-order valence-electron chi connectivity index (χ2n) is 3.36. The molecule has 0 radical (unpaired) electrons. The lowest BCUT2D eigenvalue weighted by Gasteiger charge is -2.16. The second-order valence-corrected chi connectivity index (χ2v) is 3.36. The molecule has 1 N–H and O–H groups in total. The van der Waals surface area contributed by atoms with Crippen LogP contribution in [0.25, 0.3) is 0 Å². The van der Waals surface area contributed by atoms with Gasteiger partial charge >= 0.3 is 0 Å². The zero-order valence-electron chi connectivity index (χ0n) is 7.96. The number of nitrogens with zero attached hydrogens (tertiary/aromatic N) is 1. The van der Waals surface area contributed by atoms with Gasteiger partial charge in [0.25, 0.3) is 5.91 Å². The molecular weight excluding hydrogens is 154 g/mol. The minimum Gasteiger partial charge on any atom is -0.388 e. The van der Waals surface area contributed by atoms with Crippen molar-refractivity contribution in [2.75, 3.05) is 7.05 Å². The predicted molar refractivity (Wildman–Crippen MR) is 46.6 cm³/mol. The zero-order valence-corrected chi connectivity index (χ0v) is 7.96. The predicted octanol–water partition coefficient (Wildman–Crippen LogP) is 0.544. The maximum atomic E-state index is 11.5. The van der Waals surface area contributed by atoms with Crippen molar-refractivity contribution in [1.29, 1.82) is 0 Å². The normalized spacial score (nSPS) is 26.9. The summed E-state index contributed by atoms with van der Waals surface area (Å²) in [5.41, 5.74) is 1.54. The van der Waals surface area contributed by atoms with Crippen LogP contribution in [0, 0.1) is 0 Å². The van der Waals surface area contributed by atoms with Gasteiger partial charge in [0.05, 0.1) is 12.1 Å². The van der Waals surface area contributed by atoms with E-state index in [9.17, 15) is 9.90 Å². The average Bonchev–Trinajstić information content (AvgIpc) is 2.16. The summed E-state index contributed by atoms with van der Waals surface area (Å²) in [6.07, 6.45) is -0.648. The Balaban J connectivity index is 3.04. The van der Waals surface area contributed by atoms with Crippen molar-refractivity contribution in [3.8, 4) is 0 Å². The van der Waals surface area contributed by atoms with E-state index in [1.165, 1.54) is 0 Å². The first-order valence-corrected chi connectivity index (χ1v) is 4.12. The van der Waals surface area contributed by atoms with E-state index in [0.717, 1.165) is 5.57 Å². The summed E-state index contributed by atoms with van der Waals surface area (Å²) in [5, 5.41) is 9.32. The highest BCUT2D eigenvalue weighted by Gasteiger charge is 2.33. The van der Waals surface area contributed by atoms with E-state index in [-0.39, 0.29) is 11.9 Å². The highest BCUT2D eigenvalue weighted by atomic mass is 16.3. The summed E-state index contributed by atoms with van der Waals surface area (Å²) in [5.74, 6) is -0.0463. The minimum atomic E-state index is -0.648. The lowest BCUT2D eigenvalue weighted by Crippen LogP contribution is -2.30. The third kappa shape index (κ3) is 1.14. The molecular formula is C9H15NO2. The summed E-state index contributed by atoms with van der Waals surface area (Å²) in [6.45, 7) is 5.49. The van der Waals surface area contributed by atoms with Crippen LogP contribution in [0.2, 0.25) is 0 Å². The van der Waals surface area contributed by atoms with Gasteiger partial charge in [-0.1, -0.05) is 0 Å². The molecule has 2 atom stereocenters. The largest absolute Gasteiger partial charge is 0.388 e. The summed E-state index contributed by atoms with van der Waals surface area (Å²) < 4.78 is 0. The maximum Gasteiger partial charge on any atom is 0.252 e. The van der Waals surface area contributed by atoms with Crippen molar-refractivity contribution in [2.24, 2.45) is 0 Å². The minimum absolute atomic E-state index is 0.0463. The van der Waals surface area contributed by atoms with E-state index in [1.807, 2.05) is 13.8 Å². The molecule has 2 unspecified atom stereocenters. The first kappa shape index (κ1) is 9.26. The lowest BCUT2D eigenvalue weighted by atomic mass is 10.0. The summed E-state index contributed by atoms with van der Waals surface area (Å²) in [6, 6.07) is 0.127. The van der Waals surface area contributed by atoms with Crippen molar-refractivity contribution in [3.05, 3.63) is 11.1 Å². The Labute approximate surface area is 72.7 Å². The highest BCUT2D eigenvalue weighted by Crippen LogP contribution is 2.25. The van der Waals surface area contributed by atoms with Crippen LogP contribution < -0.4 is 0 Å². The van der Waals surface area contributed by atoms with Gasteiger partial charge in [-0.25, -0.2) is 0 Å². The molecule has 1 heterocycles. The van der Waals surface area contributed by atoms with E-state index >= 15 is 0 Å². The molecule has 12 heavy (non-hydrogen) atoms. The fourth-order valence-electron chi connectivity index (χ4n) is 1.56. The van der Waals surface area contributed by atoms with Crippen molar-refractivity contribution >= 4 is 5.91 Å². The van der Waals surface area contributed by atoms with Gasteiger partial charge in [0.1, 0.15) is 0 Å². The smallest absolute Gasteiger partial charge is 0.252 e. The quantitative estimate of drug-likeness (QED) is 0.622. The first-order chi connectivity index (χ1) is 5.46. The topological polar surface area (TPSA) is 40.5 Å². The molecule has 0 aromatic heterocycles. The number of amides is 1. The third-order valence-electron chi connectivity index (χ3n) is 2.60. The Morgan fingerprint density at radius 2 is 2.08 bits per heavy atom. The Hall–Kier alpha value is -0.830. The molecule has 0 aliphatic carbocycles. The molecule has 68 valence electrons. The van der Waals surface area contributed by atoms with E-state index in [1.54, 1.807) is 18.9 Å². The molecule has 1 amide bonds. The first-order valence-electron chi connectivity index (χ1n) is 4.12. The number of hydrogen-bond acceptors (Lipinski definition) is 2. The average molecular weight is 169 g/mol. The van der Waals surface area contributed by atoms with E-state index in [0.29, 0.717) is 5.57 Å². The standard InChI is InChI=1S/C9H15NO2/c1-5-6(2)10(4)9(12)8(5)7(3)11/h6-7,11H,1-4H3. The molecule has 0 aromatic rings. The molecule has 1 aliphatic rings. The zero-order chi connectivity index (χ0) is 9.46. The fraction of sp³-hybridized carbons (Fsp3) is 0.667. The summed E-state index contributed by atoms with van der Waals surface area (Å²) in [7, 11) is 1.76. The Morgan fingerprint density at radius 3 is 2.25 bits per heavy atom. The lowest BCUT2D eigenvalue weighted by molar-refractivity contribution is -0.126. The summed E-state index contributed by atoms with van der Waals surface area (Å²) >= 11 is 0. The van der Waals surface area contributed by atoms with Gasteiger partial charge in [-0.3, -0.25) is 4.79 Å². The van der Waals surface area contributed by atoms with Crippen LogP contribution in [0.1, 0.15) is 20.8 Å². The van der Waals surface area contributed by atoms with Crippen molar-refractivity contribution in [2.45, 2.75) is 32.9 Å². The number of rotatable bonds is 1. The Morgan fingerprint density at radius 1 is 1.58 bits per heavy atom. The SMILES string of the molecule is CC1=C(C(C)O)C(=O)N(C)C1C. The van der Waals surface area contributed by atoms with Gasteiger partial charge in [0.15, 0.2) is 0 Å². The van der Waals surface area contributed by atoms with Crippen LogP contribution in [-0.4, -0.2) is 35.1 Å². The van der Waals surface area contributed by atoms with E-state index < -0.39 is 6.10 Å². The molecule has 3 heteroatoms. The fourth-order valence-corrected chi connectivity index (χ4v) is 1.56. The molecule has 0 spiro atoms. The van der Waals surface area contributed by atoms with Gasteiger partial charge in [0.2, 0.25) is 0 Å². The Bertz CT molecular complexity index is 243. The number of carbonyl (C=O) groups excluding carboxylic acids is 1. The molecule has 0 saturated carbocycles. The molecule has 0 bridgehead atoms. The molecule has 1 rings (SSSR count). The van der Waals surface area contributed by atoms with Gasteiger partial charge < -0.3 is 10.0 Å². The van der Waals surface area contributed by atoms with E-state index in [2.05, 4.69) is 0 Å². The van der Waals surface area contributed by atoms with Crippen LogP contribution in [0.4, 0.5) is 0 Å². The van der Waals surface area contributed by atoms with Crippen molar-refractivity contribution in [1.82, 2.24) is 4.90 Å². The number of likely N-dealkylation sites (N-methyl/N-ethyl adjacent to an activating group) is 1. The van der Waals surface area contributed by atoms with Gasteiger partial charge in [0, 0.05) is 12.6 Å². The van der Waals surface area contributed by atoms with Crippen LogP contribution >= 0.6 is 0 Å². The van der Waals surface area contributed by atoms with Crippen LogP contribution in [0.3, 0.4) is 0 Å². The monoisotopic (exact) mass is 169 g/mol. The number of carbonyl (C=O) groups is 1. The number of aliphatic hydroxyl groups excluding tert-OH is 1. The number of aliphatic hydroxyl groups is 1. The van der Waals surface area contributed by atoms with Gasteiger partial charge in [-0.2, -0.15) is 0 Å². The van der Waals surface area contributed by atoms with Crippen LogP contribution in [-0.2, 0) is 4.79 Å². The van der Waals surface area contributed by atoms with Crippen LogP contribution in [0.5, 0.6) is 0 Å². The second kappa shape index (κ2) is 2.90. The van der Waals surface area contributed by atoms with Crippen molar-refractivity contribution < 1.29 is 9.90 Å². The molecule has 3 nitrogen and oxygen atoms in total.